The van der Waals surface area contributed by atoms with Crippen molar-refractivity contribution in [2.75, 3.05) is 33.9 Å². The maximum Gasteiger partial charge on any atom is 0.308 e. The van der Waals surface area contributed by atoms with Crippen LogP contribution in [0.4, 0.5) is 0 Å². The Kier molecular flexibility index (Phi) is 7.11. The summed E-state index contributed by atoms with van der Waals surface area (Å²) in [5.41, 5.74) is 0.105. The SMILES string of the molecule is CCCCOC1CC(NC(=NC)N2CCC(C(=O)OC)CC2)C1(C)C. The average molecular weight is 354 g/mol. The molecule has 0 bridgehead atoms. The highest BCUT2D eigenvalue weighted by Crippen LogP contribution is 2.43. The number of methoxy groups -OCH3 is 1. The summed E-state index contributed by atoms with van der Waals surface area (Å²) >= 11 is 0. The molecule has 25 heavy (non-hydrogen) atoms. The largest absolute Gasteiger partial charge is 0.469 e. The number of nitrogens with one attached hydrogen (secondary N) is 1. The van der Waals surface area contributed by atoms with Gasteiger partial charge in [-0.05, 0) is 25.7 Å². The van der Waals surface area contributed by atoms with Crippen molar-refractivity contribution < 1.29 is 14.3 Å². The Morgan fingerprint density at radius 1 is 1.32 bits per heavy atom. The van der Waals surface area contributed by atoms with E-state index in [0.29, 0.717) is 12.1 Å². The minimum atomic E-state index is -0.0882. The van der Waals surface area contributed by atoms with Gasteiger partial charge in [0, 0.05) is 38.2 Å². The molecule has 0 aromatic carbocycles. The van der Waals surface area contributed by atoms with Gasteiger partial charge in [0.1, 0.15) is 0 Å². The van der Waals surface area contributed by atoms with Crippen molar-refractivity contribution in [2.45, 2.75) is 65.0 Å². The highest BCUT2D eigenvalue weighted by atomic mass is 16.5. The van der Waals surface area contributed by atoms with E-state index in [-0.39, 0.29) is 17.3 Å². The second kappa shape index (κ2) is 8.88. The van der Waals surface area contributed by atoms with Crippen molar-refractivity contribution in [3.8, 4) is 0 Å². The molecule has 6 nitrogen and oxygen atoms in total. The van der Waals surface area contributed by atoms with Gasteiger partial charge in [-0.3, -0.25) is 9.79 Å². The Balaban J connectivity index is 1.82. The van der Waals surface area contributed by atoms with E-state index in [1.54, 1.807) is 0 Å². The monoisotopic (exact) mass is 353 g/mol. The van der Waals surface area contributed by atoms with E-state index in [0.717, 1.165) is 51.3 Å². The molecular weight excluding hydrogens is 318 g/mol. The summed E-state index contributed by atoms with van der Waals surface area (Å²) in [4.78, 5) is 18.4. The fourth-order valence-electron chi connectivity index (χ4n) is 3.73. The van der Waals surface area contributed by atoms with Crippen LogP contribution in [-0.4, -0.2) is 62.8 Å². The van der Waals surface area contributed by atoms with Crippen molar-refractivity contribution in [1.82, 2.24) is 10.2 Å². The summed E-state index contributed by atoms with van der Waals surface area (Å²) < 4.78 is 10.9. The Bertz CT molecular complexity index is 471. The number of rotatable bonds is 6. The van der Waals surface area contributed by atoms with Crippen molar-refractivity contribution >= 4 is 11.9 Å². The summed E-state index contributed by atoms with van der Waals surface area (Å²) in [5.74, 6) is 0.874. The van der Waals surface area contributed by atoms with Crippen molar-refractivity contribution in [2.24, 2.45) is 16.3 Å². The van der Waals surface area contributed by atoms with Gasteiger partial charge in [-0.2, -0.15) is 0 Å². The lowest BCUT2D eigenvalue weighted by Crippen LogP contribution is -2.64. The van der Waals surface area contributed by atoms with E-state index in [9.17, 15) is 4.79 Å². The Hall–Kier alpha value is -1.30. The molecule has 1 N–H and O–H groups in total. The van der Waals surface area contributed by atoms with E-state index in [1.165, 1.54) is 13.5 Å². The molecule has 0 radical (unpaired) electrons. The van der Waals surface area contributed by atoms with Crippen LogP contribution in [-0.2, 0) is 14.3 Å². The first-order chi connectivity index (χ1) is 11.9. The third-order valence-corrected chi connectivity index (χ3v) is 5.84. The van der Waals surface area contributed by atoms with E-state index < -0.39 is 0 Å². The highest BCUT2D eigenvalue weighted by Gasteiger charge is 2.49. The number of hydrogen-bond acceptors (Lipinski definition) is 4. The molecule has 2 rings (SSSR count). The highest BCUT2D eigenvalue weighted by molar-refractivity contribution is 5.81. The molecule has 0 aromatic heterocycles. The van der Waals surface area contributed by atoms with E-state index in [1.807, 2.05) is 7.05 Å². The number of hydrogen-bond donors (Lipinski definition) is 1. The number of unbranched alkanes of at least 4 members (excludes halogenated alkanes) is 1. The predicted octanol–water partition coefficient (Wildman–Crippen LogP) is 2.43. The molecule has 1 saturated carbocycles. The summed E-state index contributed by atoms with van der Waals surface area (Å²) in [6.07, 6.45) is 5.28. The van der Waals surface area contributed by atoms with Crippen LogP contribution in [0.1, 0.15) is 52.9 Å². The van der Waals surface area contributed by atoms with Gasteiger partial charge in [0.05, 0.1) is 19.1 Å². The molecule has 0 spiro atoms. The van der Waals surface area contributed by atoms with Gasteiger partial charge in [-0.25, -0.2) is 0 Å². The molecule has 2 unspecified atom stereocenters. The number of piperidine rings is 1. The molecule has 2 aliphatic rings. The zero-order valence-corrected chi connectivity index (χ0v) is 16.5. The Morgan fingerprint density at radius 2 is 2.00 bits per heavy atom. The lowest BCUT2D eigenvalue weighted by atomic mass is 9.64. The second-order valence-corrected chi connectivity index (χ2v) is 7.80. The fourth-order valence-corrected chi connectivity index (χ4v) is 3.73. The van der Waals surface area contributed by atoms with Crippen LogP contribution in [0.5, 0.6) is 0 Å². The van der Waals surface area contributed by atoms with Gasteiger partial charge in [0.25, 0.3) is 0 Å². The molecule has 1 saturated heterocycles. The predicted molar refractivity (Wildman–Crippen MR) is 99.6 cm³/mol. The van der Waals surface area contributed by atoms with Gasteiger partial charge in [0.15, 0.2) is 5.96 Å². The molecule has 2 atom stereocenters. The molecule has 0 amide bonds. The van der Waals surface area contributed by atoms with Crippen LogP contribution >= 0.6 is 0 Å². The quantitative estimate of drug-likeness (QED) is 0.344. The van der Waals surface area contributed by atoms with E-state index in [2.05, 4.69) is 36.0 Å². The number of nitrogens with zero attached hydrogens (tertiary/aromatic N) is 2. The van der Waals surface area contributed by atoms with Crippen molar-refractivity contribution in [1.29, 1.82) is 0 Å². The number of carbonyl (C=O) groups is 1. The molecule has 2 fully saturated rings. The Labute approximate surface area is 152 Å². The summed E-state index contributed by atoms with van der Waals surface area (Å²) in [7, 11) is 3.29. The molecular formula is C19H35N3O3. The first-order valence-electron chi connectivity index (χ1n) is 9.61. The number of carbonyl (C=O) groups excluding carboxylic acids is 1. The number of likely N-dealkylation sites (tertiary alicyclic amines) is 1. The zero-order chi connectivity index (χ0) is 18.4. The van der Waals surface area contributed by atoms with Crippen molar-refractivity contribution in [3.63, 3.8) is 0 Å². The first kappa shape index (κ1) is 20.0. The summed E-state index contributed by atoms with van der Waals surface area (Å²) in [6, 6.07) is 0.371. The second-order valence-electron chi connectivity index (χ2n) is 7.80. The van der Waals surface area contributed by atoms with Crippen LogP contribution in [0.2, 0.25) is 0 Å². The van der Waals surface area contributed by atoms with Crippen LogP contribution in [0.3, 0.4) is 0 Å². The normalized spacial score (nSPS) is 26.9. The Morgan fingerprint density at radius 3 is 2.52 bits per heavy atom. The van der Waals surface area contributed by atoms with Gasteiger partial charge >= 0.3 is 5.97 Å². The zero-order valence-electron chi connectivity index (χ0n) is 16.5. The first-order valence-corrected chi connectivity index (χ1v) is 9.61. The molecule has 0 aromatic rings. The maximum atomic E-state index is 11.7. The third kappa shape index (κ3) is 4.66. The third-order valence-electron chi connectivity index (χ3n) is 5.84. The number of guanidine groups is 1. The standard InChI is InChI=1S/C19H35N3O3/c1-6-7-12-25-16-13-15(19(16,2)3)21-18(20-4)22-10-8-14(9-11-22)17(23)24-5/h14-16H,6-13H2,1-5H3,(H,20,21). The van der Waals surface area contributed by atoms with Crippen LogP contribution in [0, 0.1) is 11.3 Å². The molecule has 1 aliphatic heterocycles. The lowest BCUT2D eigenvalue weighted by molar-refractivity contribution is -0.146. The fraction of sp³-hybridized carbons (Fsp3) is 0.895. The summed E-state index contributed by atoms with van der Waals surface area (Å²) in [5, 5.41) is 3.62. The number of ether oxygens (including phenoxy) is 2. The lowest BCUT2D eigenvalue weighted by Gasteiger charge is -2.52. The van der Waals surface area contributed by atoms with Gasteiger partial charge < -0.3 is 19.7 Å². The van der Waals surface area contributed by atoms with E-state index in [4.69, 9.17) is 9.47 Å². The number of aliphatic imine (C=N–C) groups is 1. The molecule has 1 aliphatic carbocycles. The average Bonchev–Trinajstić information content (AvgIpc) is 2.63. The number of esters is 1. The minimum absolute atomic E-state index is 0.0239. The van der Waals surface area contributed by atoms with Crippen molar-refractivity contribution in [3.05, 3.63) is 0 Å². The van der Waals surface area contributed by atoms with Crippen LogP contribution in [0.15, 0.2) is 4.99 Å². The van der Waals surface area contributed by atoms with Gasteiger partial charge in [-0.1, -0.05) is 27.2 Å². The smallest absolute Gasteiger partial charge is 0.308 e. The van der Waals surface area contributed by atoms with Gasteiger partial charge in [0.2, 0.25) is 0 Å². The molecule has 6 heteroatoms. The minimum Gasteiger partial charge on any atom is -0.469 e. The maximum absolute atomic E-state index is 11.7. The molecule has 1 heterocycles. The topological polar surface area (TPSA) is 63.2 Å². The molecule has 144 valence electrons. The van der Waals surface area contributed by atoms with Crippen LogP contribution < -0.4 is 5.32 Å². The van der Waals surface area contributed by atoms with Gasteiger partial charge in [-0.15, -0.1) is 0 Å². The summed E-state index contributed by atoms with van der Waals surface area (Å²) in [6.45, 7) is 9.25. The van der Waals surface area contributed by atoms with E-state index >= 15 is 0 Å². The van der Waals surface area contributed by atoms with Crippen LogP contribution in [0.25, 0.3) is 0 Å².